The number of carbonyl (C=O) groups is 1. The summed E-state index contributed by atoms with van der Waals surface area (Å²) in [5.41, 5.74) is 3.01. The zero-order chi connectivity index (χ0) is 16.2. The molecule has 0 aliphatic carbocycles. The van der Waals surface area contributed by atoms with Gasteiger partial charge in [-0.2, -0.15) is 0 Å². The Hall–Kier alpha value is -2.49. The molecule has 0 fully saturated rings. The summed E-state index contributed by atoms with van der Waals surface area (Å²) in [5, 5.41) is 2.96. The van der Waals surface area contributed by atoms with Crippen molar-refractivity contribution >= 4 is 17.4 Å². The van der Waals surface area contributed by atoms with Crippen molar-refractivity contribution in [2.45, 2.75) is 32.8 Å². The highest BCUT2D eigenvalue weighted by Gasteiger charge is 2.22. The number of hydrogen-bond acceptors (Lipinski definition) is 2. The molecule has 0 aromatic heterocycles. The van der Waals surface area contributed by atoms with Crippen molar-refractivity contribution < 1.29 is 9.53 Å². The summed E-state index contributed by atoms with van der Waals surface area (Å²) in [6.45, 7) is 4.73. The number of amides is 2. The SMILES string of the molecule is CC(C)Oc1ccc(NC(=O)N2CCCc3ccccc32)cc1. The van der Waals surface area contributed by atoms with Gasteiger partial charge in [0, 0.05) is 17.9 Å². The van der Waals surface area contributed by atoms with Crippen LogP contribution in [0.15, 0.2) is 48.5 Å². The van der Waals surface area contributed by atoms with Gasteiger partial charge in [0.15, 0.2) is 0 Å². The maximum absolute atomic E-state index is 12.6. The van der Waals surface area contributed by atoms with Crippen molar-refractivity contribution in [2.75, 3.05) is 16.8 Å². The van der Waals surface area contributed by atoms with Gasteiger partial charge < -0.3 is 10.1 Å². The minimum absolute atomic E-state index is 0.0883. The molecule has 2 amide bonds. The van der Waals surface area contributed by atoms with Gasteiger partial charge in [0.2, 0.25) is 0 Å². The van der Waals surface area contributed by atoms with E-state index in [1.807, 2.05) is 61.2 Å². The number of urea groups is 1. The van der Waals surface area contributed by atoms with Crippen LogP contribution in [0.2, 0.25) is 0 Å². The quantitative estimate of drug-likeness (QED) is 0.909. The van der Waals surface area contributed by atoms with Crippen molar-refractivity contribution in [3.8, 4) is 5.75 Å². The zero-order valence-electron chi connectivity index (χ0n) is 13.6. The molecule has 2 aromatic carbocycles. The van der Waals surface area contributed by atoms with Crippen LogP contribution in [-0.4, -0.2) is 18.7 Å². The highest BCUT2D eigenvalue weighted by Crippen LogP contribution is 2.27. The zero-order valence-corrected chi connectivity index (χ0v) is 13.6. The Morgan fingerprint density at radius 3 is 2.61 bits per heavy atom. The van der Waals surface area contributed by atoms with E-state index in [4.69, 9.17) is 4.74 Å². The molecule has 4 nitrogen and oxygen atoms in total. The topological polar surface area (TPSA) is 41.6 Å². The fraction of sp³-hybridized carbons (Fsp3) is 0.316. The minimum Gasteiger partial charge on any atom is -0.491 e. The molecule has 1 aliphatic heterocycles. The normalized spacial score (nSPS) is 13.6. The average Bonchev–Trinajstić information content (AvgIpc) is 2.55. The van der Waals surface area contributed by atoms with E-state index in [9.17, 15) is 4.79 Å². The Labute approximate surface area is 137 Å². The molecular formula is C19H22N2O2. The van der Waals surface area contributed by atoms with Gasteiger partial charge in [-0.15, -0.1) is 0 Å². The summed E-state index contributed by atoms with van der Waals surface area (Å²) in [6, 6.07) is 15.5. The van der Waals surface area contributed by atoms with Gasteiger partial charge in [-0.05, 0) is 62.6 Å². The standard InChI is InChI=1S/C19H22N2O2/c1-14(2)23-17-11-9-16(10-12-17)20-19(22)21-13-5-7-15-6-3-4-8-18(15)21/h3-4,6,8-12,14H,5,7,13H2,1-2H3,(H,20,22). The lowest BCUT2D eigenvalue weighted by atomic mass is 10.0. The molecule has 0 bridgehead atoms. The molecule has 4 heteroatoms. The molecule has 1 N–H and O–H groups in total. The molecule has 120 valence electrons. The number of rotatable bonds is 3. The number of benzene rings is 2. The van der Waals surface area contributed by atoms with Crippen LogP contribution in [0.25, 0.3) is 0 Å². The van der Waals surface area contributed by atoms with Gasteiger partial charge in [-0.3, -0.25) is 4.90 Å². The molecule has 1 aliphatic rings. The van der Waals surface area contributed by atoms with Crippen molar-refractivity contribution in [1.29, 1.82) is 0 Å². The van der Waals surface area contributed by atoms with E-state index >= 15 is 0 Å². The van der Waals surface area contributed by atoms with Gasteiger partial charge in [0.1, 0.15) is 5.75 Å². The van der Waals surface area contributed by atoms with Crippen molar-refractivity contribution in [2.24, 2.45) is 0 Å². The number of hydrogen-bond donors (Lipinski definition) is 1. The summed E-state index contributed by atoms with van der Waals surface area (Å²) in [4.78, 5) is 14.4. The number of fused-ring (bicyclic) bond motifs is 1. The average molecular weight is 310 g/mol. The molecule has 1 heterocycles. The first kappa shape index (κ1) is 15.4. The fourth-order valence-electron chi connectivity index (χ4n) is 2.82. The predicted octanol–water partition coefficient (Wildman–Crippen LogP) is 4.46. The molecule has 0 unspecified atom stereocenters. The number of carbonyl (C=O) groups excluding carboxylic acids is 1. The molecule has 0 spiro atoms. The fourth-order valence-corrected chi connectivity index (χ4v) is 2.82. The number of nitrogens with one attached hydrogen (secondary N) is 1. The molecule has 3 rings (SSSR count). The number of aryl methyl sites for hydroxylation is 1. The van der Waals surface area contributed by atoms with Gasteiger partial charge in [0.05, 0.1) is 6.10 Å². The third-order valence-corrected chi connectivity index (χ3v) is 3.83. The number of nitrogens with zero attached hydrogens (tertiary/aromatic N) is 1. The van der Waals surface area contributed by atoms with E-state index in [1.54, 1.807) is 0 Å². The van der Waals surface area contributed by atoms with Crippen LogP contribution in [0.1, 0.15) is 25.8 Å². The summed E-state index contributed by atoms with van der Waals surface area (Å²) in [7, 11) is 0. The Morgan fingerprint density at radius 1 is 1.13 bits per heavy atom. The molecule has 2 aromatic rings. The van der Waals surface area contributed by atoms with Gasteiger partial charge in [-0.25, -0.2) is 4.79 Å². The smallest absolute Gasteiger partial charge is 0.326 e. The van der Waals surface area contributed by atoms with Crippen LogP contribution in [-0.2, 0) is 6.42 Å². The first-order valence-electron chi connectivity index (χ1n) is 8.06. The number of anilines is 2. The highest BCUT2D eigenvalue weighted by atomic mass is 16.5. The van der Waals surface area contributed by atoms with Gasteiger partial charge in [-0.1, -0.05) is 18.2 Å². The third-order valence-electron chi connectivity index (χ3n) is 3.83. The first-order chi connectivity index (χ1) is 11.1. The van der Waals surface area contributed by atoms with Crippen LogP contribution < -0.4 is 15.0 Å². The van der Waals surface area contributed by atoms with Crippen molar-refractivity contribution in [1.82, 2.24) is 0 Å². The van der Waals surface area contributed by atoms with E-state index < -0.39 is 0 Å². The maximum atomic E-state index is 12.6. The van der Waals surface area contributed by atoms with E-state index in [2.05, 4.69) is 11.4 Å². The molecule has 0 radical (unpaired) electrons. The summed E-state index contributed by atoms with van der Waals surface area (Å²) >= 11 is 0. The lowest BCUT2D eigenvalue weighted by Crippen LogP contribution is -2.38. The van der Waals surface area contributed by atoms with Crippen LogP contribution in [0.4, 0.5) is 16.2 Å². The van der Waals surface area contributed by atoms with E-state index in [1.165, 1.54) is 5.56 Å². The predicted molar refractivity (Wildman–Crippen MR) is 93.3 cm³/mol. The second-order valence-corrected chi connectivity index (χ2v) is 6.01. The van der Waals surface area contributed by atoms with Gasteiger partial charge in [0.25, 0.3) is 0 Å². The molecule has 23 heavy (non-hydrogen) atoms. The van der Waals surface area contributed by atoms with Crippen molar-refractivity contribution in [3.05, 3.63) is 54.1 Å². The number of ether oxygens (including phenoxy) is 1. The van der Waals surface area contributed by atoms with Crippen LogP contribution in [0.5, 0.6) is 5.75 Å². The van der Waals surface area contributed by atoms with Crippen LogP contribution in [0, 0.1) is 0 Å². The lowest BCUT2D eigenvalue weighted by molar-refractivity contribution is 0.242. The third kappa shape index (κ3) is 3.65. The maximum Gasteiger partial charge on any atom is 0.326 e. The summed E-state index contributed by atoms with van der Waals surface area (Å²) < 4.78 is 5.61. The molecular weight excluding hydrogens is 288 g/mol. The number of para-hydroxylation sites is 1. The van der Waals surface area contributed by atoms with E-state index in [-0.39, 0.29) is 12.1 Å². The van der Waals surface area contributed by atoms with Crippen LogP contribution in [0.3, 0.4) is 0 Å². The van der Waals surface area contributed by atoms with Gasteiger partial charge >= 0.3 is 6.03 Å². The van der Waals surface area contributed by atoms with E-state index in [0.717, 1.165) is 36.5 Å². The molecule has 0 saturated heterocycles. The molecule has 0 atom stereocenters. The summed E-state index contributed by atoms with van der Waals surface area (Å²) in [5.74, 6) is 0.807. The lowest BCUT2D eigenvalue weighted by Gasteiger charge is -2.29. The largest absolute Gasteiger partial charge is 0.491 e. The minimum atomic E-state index is -0.0883. The second kappa shape index (κ2) is 6.73. The van der Waals surface area contributed by atoms with E-state index in [0.29, 0.717) is 0 Å². The Kier molecular flexibility index (Phi) is 4.51. The Morgan fingerprint density at radius 2 is 1.87 bits per heavy atom. The first-order valence-corrected chi connectivity index (χ1v) is 8.06. The Balaban J connectivity index is 1.70. The monoisotopic (exact) mass is 310 g/mol. The second-order valence-electron chi connectivity index (χ2n) is 6.01. The van der Waals surface area contributed by atoms with Crippen LogP contribution >= 0.6 is 0 Å². The molecule has 0 saturated carbocycles. The Bertz CT molecular complexity index is 680. The summed E-state index contributed by atoms with van der Waals surface area (Å²) in [6.07, 6.45) is 2.16. The highest BCUT2D eigenvalue weighted by molar-refractivity contribution is 6.02. The van der Waals surface area contributed by atoms with Crippen molar-refractivity contribution in [3.63, 3.8) is 0 Å².